The number of β-lactam (4-membered cyclic amide) rings is 1. The van der Waals surface area contributed by atoms with Crippen molar-refractivity contribution in [2.45, 2.75) is 96.4 Å². The molecule has 1 aromatic rings. The molecule has 1 unspecified atom stereocenters. The van der Waals surface area contributed by atoms with E-state index in [2.05, 4.69) is 10.6 Å². The molecule has 0 radical (unpaired) electrons. The number of nitrogens with two attached hydrogens (primary N) is 1. The number of phenols is 1. The Labute approximate surface area is 210 Å². The van der Waals surface area contributed by atoms with Gasteiger partial charge in [0.15, 0.2) is 0 Å². The zero-order chi connectivity index (χ0) is 26.5. The van der Waals surface area contributed by atoms with Gasteiger partial charge in [0.05, 0.1) is 6.42 Å². The maximum Gasteiger partial charge on any atom is 0.245 e. The molecule has 0 spiro atoms. The Morgan fingerprint density at radius 2 is 1.89 bits per heavy atom. The molecule has 3 aliphatic rings. The number of carbonyl (C=O) groups is 4. The average molecular weight is 501 g/mol. The van der Waals surface area contributed by atoms with Crippen molar-refractivity contribution in [3.8, 4) is 11.5 Å². The third-order valence-electron chi connectivity index (χ3n) is 8.08. The largest absolute Gasteiger partial charge is 0.507 e. The van der Waals surface area contributed by atoms with Gasteiger partial charge < -0.3 is 31.1 Å². The van der Waals surface area contributed by atoms with E-state index in [0.29, 0.717) is 25.8 Å². The number of hydrogen-bond donors (Lipinski definition) is 4. The van der Waals surface area contributed by atoms with E-state index in [4.69, 9.17) is 10.5 Å². The van der Waals surface area contributed by atoms with Gasteiger partial charge in [-0.3, -0.25) is 19.2 Å². The van der Waals surface area contributed by atoms with Crippen LogP contribution in [0, 0.1) is 20.8 Å². The van der Waals surface area contributed by atoms with E-state index < -0.39 is 35.5 Å². The van der Waals surface area contributed by atoms with Gasteiger partial charge in [-0.25, -0.2) is 0 Å². The molecule has 2 saturated heterocycles. The molecule has 4 rings (SSSR count). The summed E-state index contributed by atoms with van der Waals surface area (Å²) in [5.74, 6) is -0.700. The smallest absolute Gasteiger partial charge is 0.245 e. The molecule has 36 heavy (non-hydrogen) atoms. The highest BCUT2D eigenvalue weighted by atomic mass is 16.5. The van der Waals surface area contributed by atoms with Crippen LogP contribution in [0.1, 0.15) is 74.1 Å². The minimum Gasteiger partial charge on any atom is -0.507 e. The van der Waals surface area contributed by atoms with E-state index in [-0.39, 0.29) is 36.3 Å². The zero-order valence-corrected chi connectivity index (χ0v) is 21.6. The number of hydrogen-bond acceptors (Lipinski definition) is 6. The van der Waals surface area contributed by atoms with Gasteiger partial charge in [-0.2, -0.15) is 0 Å². The Morgan fingerprint density at radius 3 is 2.50 bits per heavy atom. The summed E-state index contributed by atoms with van der Waals surface area (Å²) in [6.07, 6.45) is 2.01. The van der Waals surface area contributed by atoms with Crippen LogP contribution >= 0.6 is 0 Å². The number of phenolic OH excluding ortho intramolecular Hbond substituents is 1. The molecular formula is C26H36N4O6. The van der Waals surface area contributed by atoms with Crippen molar-refractivity contribution in [3.05, 3.63) is 22.3 Å². The summed E-state index contributed by atoms with van der Waals surface area (Å²) in [6, 6.07) is -2.26. The topological polar surface area (TPSA) is 151 Å². The number of nitrogens with one attached hydrogen (secondary N) is 2. The molecule has 196 valence electrons. The molecule has 4 atom stereocenters. The summed E-state index contributed by atoms with van der Waals surface area (Å²) in [7, 11) is 0. The lowest BCUT2D eigenvalue weighted by Gasteiger charge is -2.32. The molecule has 5 N–H and O–H groups in total. The molecule has 4 amide bonds. The molecule has 0 saturated carbocycles. The highest BCUT2D eigenvalue weighted by molar-refractivity contribution is 5.99. The Bertz CT molecular complexity index is 1120. The molecule has 3 aliphatic heterocycles. The van der Waals surface area contributed by atoms with Gasteiger partial charge in [0.25, 0.3) is 0 Å². The lowest BCUT2D eigenvalue weighted by molar-refractivity contribution is -0.142. The van der Waals surface area contributed by atoms with Crippen LogP contribution in [0.25, 0.3) is 0 Å². The first-order chi connectivity index (χ1) is 16.8. The number of primary amides is 1. The summed E-state index contributed by atoms with van der Waals surface area (Å²) < 4.78 is 6.35. The maximum atomic E-state index is 13.6. The third kappa shape index (κ3) is 4.37. The van der Waals surface area contributed by atoms with Gasteiger partial charge in [0, 0.05) is 18.0 Å². The fourth-order valence-electron chi connectivity index (χ4n) is 5.76. The van der Waals surface area contributed by atoms with E-state index in [9.17, 15) is 24.3 Å². The highest BCUT2D eigenvalue weighted by Gasteiger charge is 2.45. The van der Waals surface area contributed by atoms with Crippen molar-refractivity contribution in [2.75, 3.05) is 6.54 Å². The Balaban J connectivity index is 1.60. The lowest BCUT2D eigenvalue weighted by Crippen LogP contribution is -2.61. The van der Waals surface area contributed by atoms with Crippen molar-refractivity contribution in [2.24, 2.45) is 5.73 Å². The number of likely N-dealkylation sites (tertiary alicyclic amines) is 1. The van der Waals surface area contributed by atoms with Crippen LogP contribution in [-0.4, -0.2) is 63.9 Å². The summed E-state index contributed by atoms with van der Waals surface area (Å²) in [5.41, 5.74) is 8.26. The van der Waals surface area contributed by atoms with Crippen LogP contribution in [0.5, 0.6) is 11.5 Å². The predicted molar refractivity (Wildman–Crippen MR) is 131 cm³/mol. The molecule has 10 nitrogen and oxygen atoms in total. The Kier molecular flexibility index (Phi) is 6.66. The first-order valence-corrected chi connectivity index (χ1v) is 12.5. The van der Waals surface area contributed by atoms with Crippen LogP contribution in [-0.2, 0) is 19.2 Å². The van der Waals surface area contributed by atoms with Crippen LogP contribution < -0.4 is 21.1 Å². The minimum absolute atomic E-state index is 0.0777. The van der Waals surface area contributed by atoms with E-state index >= 15 is 0 Å². The van der Waals surface area contributed by atoms with E-state index in [1.165, 1.54) is 4.90 Å². The van der Waals surface area contributed by atoms with Crippen LogP contribution in [0.3, 0.4) is 0 Å². The molecule has 0 aromatic heterocycles. The molecule has 3 heterocycles. The van der Waals surface area contributed by atoms with Crippen LogP contribution in [0.2, 0.25) is 0 Å². The molecule has 10 heteroatoms. The van der Waals surface area contributed by atoms with E-state index in [1.807, 2.05) is 34.6 Å². The van der Waals surface area contributed by atoms with Crippen molar-refractivity contribution in [1.82, 2.24) is 15.5 Å². The summed E-state index contributed by atoms with van der Waals surface area (Å²) in [6.45, 7) is 9.99. The number of carbonyl (C=O) groups excluding carboxylic acids is 4. The summed E-state index contributed by atoms with van der Waals surface area (Å²) in [4.78, 5) is 51.0. The molecule has 0 bridgehead atoms. The van der Waals surface area contributed by atoms with Crippen molar-refractivity contribution in [1.29, 1.82) is 0 Å². The van der Waals surface area contributed by atoms with Gasteiger partial charge in [0.2, 0.25) is 23.6 Å². The first-order valence-electron chi connectivity index (χ1n) is 12.5. The van der Waals surface area contributed by atoms with E-state index in [1.54, 1.807) is 0 Å². The number of aromatic hydroxyl groups is 1. The number of nitrogens with zero attached hydrogens (tertiary/aromatic N) is 1. The second-order valence-corrected chi connectivity index (χ2v) is 10.8. The van der Waals surface area contributed by atoms with Gasteiger partial charge in [-0.05, 0) is 77.0 Å². The molecule has 0 aliphatic carbocycles. The quantitative estimate of drug-likeness (QED) is 0.413. The van der Waals surface area contributed by atoms with Crippen molar-refractivity contribution in [3.63, 3.8) is 0 Å². The third-order valence-corrected chi connectivity index (χ3v) is 8.08. The minimum atomic E-state index is -0.893. The number of fused-ring (bicyclic) bond motifs is 1. The zero-order valence-electron chi connectivity index (χ0n) is 21.6. The molecule has 2 fully saturated rings. The monoisotopic (exact) mass is 500 g/mol. The van der Waals surface area contributed by atoms with E-state index in [0.717, 1.165) is 28.0 Å². The van der Waals surface area contributed by atoms with Gasteiger partial charge in [-0.1, -0.05) is 0 Å². The second-order valence-electron chi connectivity index (χ2n) is 10.8. The van der Waals surface area contributed by atoms with Crippen molar-refractivity contribution < 1.29 is 29.0 Å². The first kappa shape index (κ1) is 25.8. The van der Waals surface area contributed by atoms with Crippen LogP contribution in [0.4, 0.5) is 0 Å². The molecular weight excluding hydrogens is 464 g/mol. The molecule has 1 aromatic carbocycles. The Morgan fingerprint density at radius 1 is 1.22 bits per heavy atom. The summed E-state index contributed by atoms with van der Waals surface area (Å²) >= 11 is 0. The Hall–Kier alpha value is -3.30. The lowest BCUT2D eigenvalue weighted by atomic mass is 9.79. The van der Waals surface area contributed by atoms with Gasteiger partial charge >= 0.3 is 0 Å². The standard InChI is InChI=1S/C26H36N4O6/c1-12-13(2)22-20(14(3)21(12)32)15(26(4,5)36-22)8-9-16(29-24(34)17-11-19(31)28-17)25(35)30-10-6-7-18(30)23(27)33/h15-18,32H,6-11H2,1-5H3,(H2,27,33)(H,28,31)(H,29,34)/t15?,16-,17-,18-/m0/s1. The summed E-state index contributed by atoms with van der Waals surface area (Å²) in [5, 5.41) is 16.1. The SMILES string of the molecule is Cc1c(C)c2c(c(C)c1O)C(CC[C@H](NC(=O)[C@@H]1CC(=O)N1)C(=O)N1CCC[C@H]1C(N)=O)C(C)(C)O2. The van der Waals surface area contributed by atoms with Gasteiger partial charge in [-0.15, -0.1) is 0 Å². The van der Waals surface area contributed by atoms with Gasteiger partial charge in [0.1, 0.15) is 35.2 Å². The number of amides is 4. The van der Waals surface area contributed by atoms with Crippen LogP contribution in [0.15, 0.2) is 0 Å². The number of rotatable bonds is 7. The normalized spacial score (nSPS) is 24.9. The predicted octanol–water partition coefficient (Wildman–Crippen LogP) is 1.20. The fraction of sp³-hybridized carbons (Fsp3) is 0.615. The number of benzene rings is 1. The second kappa shape index (κ2) is 9.29. The average Bonchev–Trinajstić information content (AvgIpc) is 3.39. The van der Waals surface area contributed by atoms with Crippen molar-refractivity contribution >= 4 is 23.6 Å². The highest BCUT2D eigenvalue weighted by Crippen LogP contribution is 2.53. The maximum absolute atomic E-state index is 13.6. The fourth-order valence-corrected chi connectivity index (χ4v) is 5.76. The number of ether oxygens (including phenoxy) is 1.